The molecule has 0 fully saturated rings. The van der Waals surface area contributed by atoms with Gasteiger partial charge in [-0.05, 0) is 82.1 Å². The van der Waals surface area contributed by atoms with Crippen LogP contribution in [-0.2, 0) is 0 Å². The molecule has 0 aromatic rings. The van der Waals surface area contributed by atoms with Gasteiger partial charge in [0.05, 0.1) is 0 Å². The lowest BCUT2D eigenvalue weighted by molar-refractivity contribution is 0.177. The Balaban J connectivity index is 3.88. The van der Waals surface area contributed by atoms with Gasteiger partial charge in [0, 0.05) is 25.2 Å². The molecule has 0 rings (SSSR count). The third kappa shape index (κ3) is 9.70. The molecule has 2 unspecified atom stereocenters. The van der Waals surface area contributed by atoms with Crippen LogP contribution in [0.5, 0.6) is 0 Å². The van der Waals surface area contributed by atoms with Crippen LogP contribution in [0.4, 0.5) is 0 Å². The zero-order valence-electron chi connectivity index (χ0n) is 15.2. The van der Waals surface area contributed by atoms with E-state index in [1.54, 1.807) is 0 Å². The van der Waals surface area contributed by atoms with Crippen molar-refractivity contribution in [2.45, 2.75) is 38.8 Å². The quantitative estimate of drug-likeness (QED) is 0.571. The number of hydrogen-bond acceptors (Lipinski definition) is 4. The normalized spacial score (nSPS) is 15.6. The second-order valence-electron chi connectivity index (χ2n) is 6.84. The molecule has 0 aliphatic carbocycles. The van der Waals surface area contributed by atoms with E-state index in [4.69, 9.17) is 0 Å². The van der Waals surface area contributed by atoms with Crippen molar-refractivity contribution in [1.82, 2.24) is 19.6 Å². The second kappa shape index (κ2) is 10.6. The van der Waals surface area contributed by atoms with Gasteiger partial charge in [0.25, 0.3) is 0 Å². The third-order valence-corrected chi connectivity index (χ3v) is 4.30. The van der Waals surface area contributed by atoms with Crippen LogP contribution in [0, 0.1) is 0 Å². The maximum atomic E-state index is 2.50. The zero-order valence-corrected chi connectivity index (χ0v) is 15.2. The highest BCUT2D eigenvalue weighted by Crippen LogP contribution is 2.07. The van der Waals surface area contributed by atoms with Crippen LogP contribution in [0.25, 0.3) is 0 Å². The highest BCUT2D eigenvalue weighted by atomic mass is 15.2. The fourth-order valence-corrected chi connectivity index (χ4v) is 2.07. The van der Waals surface area contributed by atoms with E-state index in [9.17, 15) is 0 Å². The van der Waals surface area contributed by atoms with Crippen LogP contribution >= 0.6 is 0 Å². The molecule has 20 heavy (non-hydrogen) atoms. The lowest BCUT2D eigenvalue weighted by Gasteiger charge is -2.30. The molecule has 0 spiro atoms. The molecule has 0 saturated heterocycles. The van der Waals surface area contributed by atoms with E-state index in [-0.39, 0.29) is 0 Å². The van der Waals surface area contributed by atoms with E-state index < -0.39 is 0 Å². The average Bonchev–Trinajstić information content (AvgIpc) is 2.38. The topological polar surface area (TPSA) is 13.0 Å². The molecule has 0 amide bonds. The predicted octanol–water partition coefficient (Wildman–Crippen LogP) is 1.53. The van der Waals surface area contributed by atoms with Crippen LogP contribution in [0.15, 0.2) is 0 Å². The lowest BCUT2D eigenvalue weighted by Crippen LogP contribution is -2.39. The summed E-state index contributed by atoms with van der Waals surface area (Å²) >= 11 is 0. The molecule has 0 aliphatic heterocycles. The Kier molecular flexibility index (Phi) is 10.5. The molecule has 0 saturated carbocycles. The first-order valence-electron chi connectivity index (χ1n) is 7.94. The molecule has 0 aromatic carbocycles. The standard InChI is InChI=1S/C16H38N4/c1-15(9-11-17(3)4)19(7)12-10-16(2)20(8)14-13-18(5)6/h15-16H,9-14H2,1-8H3. The van der Waals surface area contributed by atoms with Gasteiger partial charge >= 0.3 is 0 Å². The van der Waals surface area contributed by atoms with E-state index in [2.05, 4.69) is 75.7 Å². The summed E-state index contributed by atoms with van der Waals surface area (Å²) in [5.41, 5.74) is 0. The molecule has 0 N–H and O–H groups in total. The smallest absolute Gasteiger partial charge is 0.0109 e. The first-order valence-corrected chi connectivity index (χ1v) is 7.94. The van der Waals surface area contributed by atoms with Crippen molar-refractivity contribution >= 4 is 0 Å². The Hall–Kier alpha value is -0.160. The third-order valence-electron chi connectivity index (χ3n) is 4.30. The maximum Gasteiger partial charge on any atom is 0.0109 e. The minimum Gasteiger partial charge on any atom is -0.309 e. The Labute approximate surface area is 127 Å². The largest absolute Gasteiger partial charge is 0.309 e. The fraction of sp³-hybridized carbons (Fsp3) is 1.00. The number of nitrogens with zero attached hydrogens (tertiary/aromatic N) is 4. The maximum absolute atomic E-state index is 2.50. The minimum atomic E-state index is 0.651. The van der Waals surface area contributed by atoms with Crippen molar-refractivity contribution in [3.8, 4) is 0 Å². The van der Waals surface area contributed by atoms with Crippen LogP contribution in [0.3, 0.4) is 0 Å². The molecule has 0 bridgehead atoms. The summed E-state index contributed by atoms with van der Waals surface area (Å²) in [6.07, 6.45) is 2.49. The van der Waals surface area contributed by atoms with Crippen molar-refractivity contribution in [3.05, 3.63) is 0 Å². The first-order chi connectivity index (χ1) is 9.23. The van der Waals surface area contributed by atoms with Gasteiger partial charge in [0.15, 0.2) is 0 Å². The summed E-state index contributed by atoms with van der Waals surface area (Å²) in [6.45, 7) is 9.31. The molecule has 0 aromatic heterocycles. The van der Waals surface area contributed by atoms with E-state index >= 15 is 0 Å². The first kappa shape index (κ1) is 19.8. The second-order valence-corrected chi connectivity index (χ2v) is 6.84. The summed E-state index contributed by atoms with van der Waals surface area (Å²) < 4.78 is 0. The van der Waals surface area contributed by atoms with E-state index in [0.29, 0.717) is 12.1 Å². The number of hydrogen-bond donors (Lipinski definition) is 0. The van der Waals surface area contributed by atoms with E-state index in [1.165, 1.54) is 25.9 Å². The molecule has 4 nitrogen and oxygen atoms in total. The zero-order chi connectivity index (χ0) is 15.7. The molecule has 2 atom stereocenters. The molecule has 0 radical (unpaired) electrons. The van der Waals surface area contributed by atoms with Crippen LogP contribution in [-0.4, -0.2) is 100 Å². The van der Waals surface area contributed by atoms with Gasteiger partial charge in [-0.2, -0.15) is 0 Å². The summed E-state index contributed by atoms with van der Waals surface area (Å²) in [5.74, 6) is 0. The molecule has 0 aliphatic rings. The molecular weight excluding hydrogens is 248 g/mol. The summed E-state index contributed by atoms with van der Waals surface area (Å²) in [7, 11) is 13.1. The fourth-order valence-electron chi connectivity index (χ4n) is 2.07. The van der Waals surface area contributed by atoms with Gasteiger partial charge in [-0.1, -0.05) is 0 Å². The molecular formula is C16H38N4. The van der Waals surface area contributed by atoms with E-state index in [1.807, 2.05) is 0 Å². The number of likely N-dealkylation sites (N-methyl/N-ethyl adjacent to an activating group) is 2. The Morgan fingerprint density at radius 1 is 0.550 bits per heavy atom. The van der Waals surface area contributed by atoms with Crippen LogP contribution in [0.1, 0.15) is 26.7 Å². The summed E-state index contributed by atoms with van der Waals surface area (Å²) in [5, 5.41) is 0. The number of rotatable bonds is 11. The Morgan fingerprint density at radius 3 is 1.40 bits per heavy atom. The highest BCUT2D eigenvalue weighted by Gasteiger charge is 2.13. The van der Waals surface area contributed by atoms with Gasteiger partial charge in [0.1, 0.15) is 0 Å². The molecule has 0 heterocycles. The molecule has 122 valence electrons. The Morgan fingerprint density at radius 2 is 0.950 bits per heavy atom. The van der Waals surface area contributed by atoms with Crippen LogP contribution < -0.4 is 0 Å². The van der Waals surface area contributed by atoms with Gasteiger partial charge in [-0.25, -0.2) is 0 Å². The van der Waals surface area contributed by atoms with E-state index in [0.717, 1.165) is 13.1 Å². The highest BCUT2D eigenvalue weighted by molar-refractivity contribution is 4.70. The Bertz CT molecular complexity index is 207. The van der Waals surface area contributed by atoms with Gasteiger partial charge < -0.3 is 19.6 Å². The van der Waals surface area contributed by atoms with Crippen LogP contribution in [0.2, 0.25) is 0 Å². The van der Waals surface area contributed by atoms with Gasteiger partial charge in [-0.3, -0.25) is 0 Å². The summed E-state index contributed by atoms with van der Waals surface area (Å²) in [6, 6.07) is 1.31. The van der Waals surface area contributed by atoms with Gasteiger partial charge in [0.2, 0.25) is 0 Å². The van der Waals surface area contributed by atoms with Crippen molar-refractivity contribution in [3.63, 3.8) is 0 Å². The minimum absolute atomic E-state index is 0.651. The molecule has 4 heteroatoms. The SMILES string of the molecule is CC(CCN(C)C)N(C)CCC(C)N(C)CCN(C)C. The monoisotopic (exact) mass is 286 g/mol. The van der Waals surface area contributed by atoms with Crippen molar-refractivity contribution in [1.29, 1.82) is 0 Å². The van der Waals surface area contributed by atoms with Crippen molar-refractivity contribution in [2.75, 3.05) is 68.5 Å². The summed E-state index contributed by atoms with van der Waals surface area (Å²) in [4.78, 5) is 9.48. The van der Waals surface area contributed by atoms with Crippen molar-refractivity contribution in [2.24, 2.45) is 0 Å². The predicted molar refractivity (Wildman–Crippen MR) is 90.5 cm³/mol. The van der Waals surface area contributed by atoms with Gasteiger partial charge in [-0.15, -0.1) is 0 Å². The van der Waals surface area contributed by atoms with Crippen molar-refractivity contribution < 1.29 is 0 Å². The average molecular weight is 287 g/mol. The lowest BCUT2D eigenvalue weighted by atomic mass is 10.1.